The summed E-state index contributed by atoms with van der Waals surface area (Å²) in [6.07, 6.45) is 11.6. The maximum atomic E-state index is 12.6. The monoisotopic (exact) mass is 401 g/mol. The molecule has 0 spiro atoms. The van der Waals surface area contributed by atoms with Crippen molar-refractivity contribution in [1.29, 1.82) is 0 Å². The number of rotatable bonds is 11. The third-order valence-electron chi connectivity index (χ3n) is 5.46. The lowest BCUT2D eigenvalue weighted by atomic mass is 10.0. The van der Waals surface area contributed by atoms with E-state index in [-0.39, 0.29) is 17.9 Å². The molecule has 1 N–H and O–H groups in total. The molecule has 1 aromatic carbocycles. The van der Waals surface area contributed by atoms with Gasteiger partial charge in [-0.2, -0.15) is 0 Å². The van der Waals surface area contributed by atoms with Crippen molar-refractivity contribution in [2.75, 3.05) is 13.7 Å². The number of carbonyl (C=O) groups excluding carboxylic acids is 2. The summed E-state index contributed by atoms with van der Waals surface area (Å²) in [6, 6.07) is 10.0. The topological polar surface area (TPSA) is 66.8 Å². The molecule has 1 saturated heterocycles. The Hall–Kier alpha value is -2.14. The Bertz CT molecular complexity index is 644. The van der Waals surface area contributed by atoms with Crippen LogP contribution in [-0.2, 0) is 20.7 Å². The smallest absolute Gasteiger partial charge is 0.305 e. The Labute approximate surface area is 174 Å². The molecule has 1 fully saturated rings. The fourth-order valence-electron chi connectivity index (χ4n) is 3.79. The lowest BCUT2D eigenvalue weighted by Crippen LogP contribution is -2.38. The van der Waals surface area contributed by atoms with Crippen molar-refractivity contribution in [2.45, 2.75) is 76.4 Å². The number of carbonyl (C=O) groups is 2. The predicted molar refractivity (Wildman–Crippen MR) is 114 cm³/mol. The van der Waals surface area contributed by atoms with Crippen molar-refractivity contribution in [1.82, 2.24) is 4.90 Å². The van der Waals surface area contributed by atoms with Crippen molar-refractivity contribution >= 4 is 11.9 Å². The molecule has 1 aromatic rings. The van der Waals surface area contributed by atoms with Crippen LogP contribution in [0.25, 0.3) is 0 Å². The van der Waals surface area contributed by atoms with E-state index < -0.39 is 6.10 Å². The van der Waals surface area contributed by atoms with Crippen molar-refractivity contribution in [3.63, 3.8) is 0 Å². The molecule has 1 heterocycles. The fraction of sp³-hybridized carbons (Fsp3) is 0.583. The number of hydrogen-bond acceptors (Lipinski definition) is 4. The van der Waals surface area contributed by atoms with Crippen LogP contribution in [0.4, 0.5) is 0 Å². The number of esters is 1. The number of aliphatic hydroxyl groups is 1. The van der Waals surface area contributed by atoms with Crippen LogP contribution in [0.15, 0.2) is 42.5 Å². The van der Waals surface area contributed by atoms with Gasteiger partial charge in [0.15, 0.2) is 0 Å². The standard InChI is InChI=1S/C24H35NO4/c1-29-24(28)15-7-2-3-10-18-25-21(13-8-9-14-23(25)27)16-17-22(26)19-20-11-5-4-6-12-20/h4-6,11-12,16-17,21-22,26H,2-3,7-10,13-15,18-19H2,1H3/b17-16+. The summed E-state index contributed by atoms with van der Waals surface area (Å²) in [6.45, 7) is 0.737. The van der Waals surface area contributed by atoms with Gasteiger partial charge >= 0.3 is 5.97 Å². The van der Waals surface area contributed by atoms with Gasteiger partial charge in [0.05, 0.1) is 19.3 Å². The highest BCUT2D eigenvalue weighted by Crippen LogP contribution is 2.20. The maximum Gasteiger partial charge on any atom is 0.305 e. The number of methoxy groups -OCH3 is 1. The Balaban J connectivity index is 1.83. The first-order valence-corrected chi connectivity index (χ1v) is 10.9. The van der Waals surface area contributed by atoms with Crippen LogP contribution in [0, 0.1) is 0 Å². The summed E-state index contributed by atoms with van der Waals surface area (Å²) in [4.78, 5) is 25.7. The molecular formula is C24H35NO4. The highest BCUT2D eigenvalue weighted by molar-refractivity contribution is 5.77. The van der Waals surface area contributed by atoms with Gasteiger partial charge in [0, 0.05) is 25.8 Å². The molecule has 2 rings (SSSR count). The zero-order valence-corrected chi connectivity index (χ0v) is 17.6. The van der Waals surface area contributed by atoms with Gasteiger partial charge in [-0.3, -0.25) is 9.59 Å². The molecule has 0 saturated carbocycles. The quantitative estimate of drug-likeness (QED) is 0.345. The van der Waals surface area contributed by atoms with Crippen LogP contribution in [0.1, 0.15) is 63.4 Å². The van der Waals surface area contributed by atoms with Crippen LogP contribution < -0.4 is 0 Å². The van der Waals surface area contributed by atoms with Gasteiger partial charge in [0.2, 0.25) is 5.91 Å². The van der Waals surface area contributed by atoms with Crippen LogP contribution in [-0.4, -0.2) is 47.7 Å². The second-order valence-electron chi connectivity index (χ2n) is 7.78. The van der Waals surface area contributed by atoms with Crippen molar-refractivity contribution in [3.05, 3.63) is 48.0 Å². The van der Waals surface area contributed by atoms with Crippen LogP contribution in [0.2, 0.25) is 0 Å². The van der Waals surface area contributed by atoms with Gasteiger partial charge < -0.3 is 14.7 Å². The van der Waals surface area contributed by atoms with Crippen LogP contribution >= 0.6 is 0 Å². The van der Waals surface area contributed by atoms with Crippen LogP contribution in [0.5, 0.6) is 0 Å². The van der Waals surface area contributed by atoms with E-state index in [1.807, 2.05) is 47.4 Å². The van der Waals surface area contributed by atoms with Gasteiger partial charge in [-0.05, 0) is 31.2 Å². The molecule has 2 unspecified atom stereocenters. The number of aliphatic hydroxyl groups excluding tert-OH is 1. The maximum absolute atomic E-state index is 12.6. The molecule has 5 nitrogen and oxygen atoms in total. The molecule has 1 aliphatic rings. The highest BCUT2D eigenvalue weighted by Gasteiger charge is 2.24. The number of unbranched alkanes of at least 4 members (excludes halogenated alkanes) is 3. The average molecular weight is 402 g/mol. The second-order valence-corrected chi connectivity index (χ2v) is 7.78. The molecule has 0 aliphatic carbocycles. The minimum Gasteiger partial charge on any atom is -0.469 e. The molecule has 2 atom stereocenters. The molecular weight excluding hydrogens is 366 g/mol. The summed E-state index contributed by atoms with van der Waals surface area (Å²) in [5.41, 5.74) is 1.10. The first-order valence-electron chi connectivity index (χ1n) is 10.9. The number of amides is 1. The molecule has 160 valence electrons. The van der Waals surface area contributed by atoms with Gasteiger partial charge in [-0.1, -0.05) is 61.7 Å². The Morgan fingerprint density at radius 1 is 1.21 bits per heavy atom. The van der Waals surface area contributed by atoms with E-state index in [0.29, 0.717) is 19.3 Å². The highest BCUT2D eigenvalue weighted by atomic mass is 16.5. The lowest BCUT2D eigenvalue weighted by molar-refractivity contribution is -0.140. The predicted octanol–water partition coefficient (Wildman–Crippen LogP) is 4.04. The van der Waals surface area contributed by atoms with E-state index in [0.717, 1.165) is 57.1 Å². The van der Waals surface area contributed by atoms with Gasteiger partial charge in [-0.15, -0.1) is 0 Å². The fourth-order valence-corrected chi connectivity index (χ4v) is 3.79. The Kier molecular flexibility index (Phi) is 10.5. The minimum atomic E-state index is -0.545. The van der Waals surface area contributed by atoms with Gasteiger partial charge in [0.1, 0.15) is 0 Å². The molecule has 1 amide bonds. The molecule has 1 aliphatic heterocycles. The molecule has 0 aromatic heterocycles. The lowest BCUT2D eigenvalue weighted by Gasteiger charge is -2.28. The van der Waals surface area contributed by atoms with E-state index in [4.69, 9.17) is 0 Å². The molecule has 29 heavy (non-hydrogen) atoms. The third kappa shape index (κ3) is 8.82. The number of hydrogen-bond donors (Lipinski definition) is 1. The number of likely N-dealkylation sites (tertiary alicyclic amines) is 1. The van der Waals surface area contributed by atoms with Crippen LogP contribution in [0.3, 0.4) is 0 Å². The first kappa shape index (κ1) is 23.1. The zero-order valence-electron chi connectivity index (χ0n) is 17.6. The normalized spacial score (nSPS) is 18.6. The summed E-state index contributed by atoms with van der Waals surface area (Å²) in [7, 11) is 1.41. The third-order valence-corrected chi connectivity index (χ3v) is 5.46. The summed E-state index contributed by atoms with van der Waals surface area (Å²) in [5.74, 6) is 0.0521. The van der Waals surface area contributed by atoms with Crippen molar-refractivity contribution in [2.24, 2.45) is 0 Å². The van der Waals surface area contributed by atoms with Crippen molar-refractivity contribution < 1.29 is 19.4 Å². The van der Waals surface area contributed by atoms with E-state index in [9.17, 15) is 14.7 Å². The van der Waals surface area contributed by atoms with E-state index in [1.165, 1.54) is 7.11 Å². The van der Waals surface area contributed by atoms with Gasteiger partial charge in [-0.25, -0.2) is 0 Å². The number of ether oxygens (including phenoxy) is 1. The molecule has 0 bridgehead atoms. The minimum absolute atomic E-state index is 0.0606. The first-order chi connectivity index (χ1) is 14.1. The summed E-state index contributed by atoms with van der Waals surface area (Å²) < 4.78 is 4.66. The van der Waals surface area contributed by atoms with Crippen molar-refractivity contribution in [3.8, 4) is 0 Å². The van der Waals surface area contributed by atoms with E-state index in [1.54, 1.807) is 0 Å². The summed E-state index contributed by atoms with van der Waals surface area (Å²) >= 11 is 0. The average Bonchev–Trinajstić information content (AvgIpc) is 2.90. The Morgan fingerprint density at radius 2 is 1.97 bits per heavy atom. The zero-order chi connectivity index (χ0) is 20.9. The van der Waals surface area contributed by atoms with E-state index >= 15 is 0 Å². The second kappa shape index (κ2) is 13.2. The van der Waals surface area contributed by atoms with E-state index in [2.05, 4.69) is 4.74 Å². The van der Waals surface area contributed by atoms with Gasteiger partial charge in [0.25, 0.3) is 0 Å². The molecule has 0 radical (unpaired) electrons. The molecule has 5 heteroatoms. The number of nitrogens with zero attached hydrogens (tertiary/aromatic N) is 1. The SMILES string of the molecule is COC(=O)CCCCCCN1C(=O)CCCCC1/C=C/C(O)Cc1ccccc1. The summed E-state index contributed by atoms with van der Waals surface area (Å²) in [5, 5.41) is 10.4. The Morgan fingerprint density at radius 3 is 2.72 bits per heavy atom. The largest absolute Gasteiger partial charge is 0.469 e. The number of benzene rings is 1.